The number of methoxy groups -OCH3 is 1. The van der Waals surface area contributed by atoms with Gasteiger partial charge < -0.3 is 19.3 Å². The van der Waals surface area contributed by atoms with Crippen molar-refractivity contribution in [3.05, 3.63) is 59.7 Å². The summed E-state index contributed by atoms with van der Waals surface area (Å²) in [6.45, 7) is 3.59. The van der Waals surface area contributed by atoms with Gasteiger partial charge in [0.2, 0.25) is 0 Å². The lowest BCUT2D eigenvalue weighted by Gasteiger charge is -2.33. The number of carbonyl (C=O) groups is 2. The zero-order valence-electron chi connectivity index (χ0n) is 18.1. The Bertz CT molecular complexity index is 923. The van der Waals surface area contributed by atoms with Crippen LogP contribution in [0.5, 0.6) is 11.5 Å². The second-order valence-corrected chi connectivity index (χ2v) is 8.30. The third kappa shape index (κ3) is 5.01. The summed E-state index contributed by atoms with van der Waals surface area (Å²) in [5.74, 6) is 1.64. The number of para-hydroxylation sites is 1. The minimum atomic E-state index is 0.000331. The van der Waals surface area contributed by atoms with Crippen molar-refractivity contribution in [1.29, 1.82) is 0 Å². The fourth-order valence-corrected chi connectivity index (χ4v) is 4.41. The molecule has 0 aliphatic carbocycles. The van der Waals surface area contributed by atoms with E-state index in [1.54, 1.807) is 7.11 Å². The summed E-state index contributed by atoms with van der Waals surface area (Å²) >= 11 is 0. The van der Waals surface area contributed by atoms with E-state index in [2.05, 4.69) is 0 Å². The van der Waals surface area contributed by atoms with E-state index < -0.39 is 0 Å². The van der Waals surface area contributed by atoms with Crippen molar-refractivity contribution in [3.63, 3.8) is 0 Å². The molecule has 2 amide bonds. The molecule has 2 heterocycles. The van der Waals surface area contributed by atoms with Gasteiger partial charge >= 0.3 is 0 Å². The van der Waals surface area contributed by atoms with Gasteiger partial charge in [0.1, 0.15) is 11.5 Å². The molecular weight excluding hydrogens is 392 g/mol. The van der Waals surface area contributed by atoms with Gasteiger partial charge in [0.15, 0.2) is 0 Å². The van der Waals surface area contributed by atoms with Gasteiger partial charge in [-0.3, -0.25) is 9.59 Å². The Morgan fingerprint density at radius 1 is 0.935 bits per heavy atom. The first-order chi connectivity index (χ1) is 15.2. The topological polar surface area (TPSA) is 59.1 Å². The third-order valence-corrected chi connectivity index (χ3v) is 6.10. The molecule has 2 aliphatic heterocycles. The molecule has 0 saturated carbocycles. The summed E-state index contributed by atoms with van der Waals surface area (Å²) in [4.78, 5) is 29.4. The average molecular weight is 423 g/mol. The van der Waals surface area contributed by atoms with Crippen LogP contribution in [-0.4, -0.2) is 61.5 Å². The lowest BCUT2D eigenvalue weighted by atomic mass is 9.98. The summed E-state index contributed by atoms with van der Waals surface area (Å²) in [6, 6.07) is 14.8. The molecule has 1 atom stereocenters. The highest BCUT2D eigenvalue weighted by atomic mass is 16.5. The number of hydrogen-bond acceptors (Lipinski definition) is 4. The molecule has 2 fully saturated rings. The van der Waals surface area contributed by atoms with E-state index in [9.17, 15) is 9.59 Å². The van der Waals surface area contributed by atoms with Crippen LogP contribution in [0, 0.1) is 5.92 Å². The SMILES string of the molecule is COc1ccccc1C(=O)N1CCC[C@H](COc2cccc(C(=O)N3CCCC3)c2)C1. The van der Waals surface area contributed by atoms with Crippen LogP contribution in [0.1, 0.15) is 46.4 Å². The fraction of sp³-hybridized carbons (Fsp3) is 0.440. The van der Waals surface area contributed by atoms with E-state index in [-0.39, 0.29) is 17.7 Å². The number of piperidine rings is 1. The van der Waals surface area contributed by atoms with Gasteiger partial charge in [0.05, 0.1) is 19.3 Å². The van der Waals surface area contributed by atoms with Gasteiger partial charge in [-0.2, -0.15) is 0 Å². The molecule has 2 aromatic rings. The van der Waals surface area contributed by atoms with Crippen molar-refractivity contribution in [3.8, 4) is 11.5 Å². The maximum atomic E-state index is 13.0. The van der Waals surface area contributed by atoms with Gasteiger partial charge in [-0.25, -0.2) is 0 Å². The number of likely N-dealkylation sites (tertiary alicyclic amines) is 2. The normalized spacial score (nSPS) is 18.7. The smallest absolute Gasteiger partial charge is 0.257 e. The van der Waals surface area contributed by atoms with Gasteiger partial charge in [-0.05, 0) is 56.0 Å². The highest BCUT2D eigenvalue weighted by Gasteiger charge is 2.27. The molecule has 0 aromatic heterocycles. The van der Waals surface area contributed by atoms with Crippen LogP contribution in [-0.2, 0) is 0 Å². The number of rotatable bonds is 6. The molecule has 6 heteroatoms. The highest BCUT2D eigenvalue weighted by Crippen LogP contribution is 2.25. The van der Waals surface area contributed by atoms with Gasteiger partial charge in [0.25, 0.3) is 11.8 Å². The van der Waals surface area contributed by atoms with E-state index in [0.29, 0.717) is 35.8 Å². The fourth-order valence-electron chi connectivity index (χ4n) is 4.41. The zero-order valence-corrected chi connectivity index (χ0v) is 18.1. The van der Waals surface area contributed by atoms with Crippen LogP contribution in [0.4, 0.5) is 0 Å². The summed E-state index contributed by atoms with van der Waals surface area (Å²) in [5, 5.41) is 0. The molecule has 164 valence electrons. The largest absolute Gasteiger partial charge is 0.496 e. The Morgan fingerprint density at radius 2 is 1.71 bits per heavy atom. The Kier molecular flexibility index (Phi) is 6.75. The first kappa shape index (κ1) is 21.2. The van der Waals surface area contributed by atoms with E-state index in [1.807, 2.05) is 58.3 Å². The quantitative estimate of drug-likeness (QED) is 0.709. The molecule has 0 unspecified atom stereocenters. The highest BCUT2D eigenvalue weighted by molar-refractivity contribution is 5.97. The van der Waals surface area contributed by atoms with Crippen molar-refractivity contribution >= 4 is 11.8 Å². The molecule has 0 radical (unpaired) electrons. The minimum Gasteiger partial charge on any atom is -0.496 e. The van der Waals surface area contributed by atoms with Crippen LogP contribution >= 0.6 is 0 Å². The Hall–Kier alpha value is -3.02. The van der Waals surface area contributed by atoms with E-state index in [0.717, 1.165) is 45.3 Å². The number of amides is 2. The number of hydrogen-bond donors (Lipinski definition) is 0. The van der Waals surface area contributed by atoms with E-state index >= 15 is 0 Å². The maximum absolute atomic E-state index is 13.0. The number of ether oxygens (including phenoxy) is 2. The Morgan fingerprint density at radius 3 is 2.52 bits per heavy atom. The molecule has 2 aromatic carbocycles. The lowest BCUT2D eigenvalue weighted by Crippen LogP contribution is -2.41. The van der Waals surface area contributed by atoms with Crippen molar-refractivity contribution in [2.45, 2.75) is 25.7 Å². The lowest BCUT2D eigenvalue weighted by molar-refractivity contribution is 0.0629. The van der Waals surface area contributed by atoms with Gasteiger partial charge in [-0.1, -0.05) is 18.2 Å². The summed E-state index contributed by atoms with van der Waals surface area (Å²) in [5.41, 5.74) is 1.27. The van der Waals surface area contributed by atoms with Crippen molar-refractivity contribution in [1.82, 2.24) is 9.80 Å². The molecule has 0 bridgehead atoms. The number of benzene rings is 2. The minimum absolute atomic E-state index is 0.000331. The third-order valence-electron chi connectivity index (χ3n) is 6.10. The Balaban J connectivity index is 1.35. The van der Waals surface area contributed by atoms with Gasteiger partial charge in [0, 0.05) is 37.7 Å². The second kappa shape index (κ2) is 9.86. The molecule has 4 rings (SSSR count). The van der Waals surface area contributed by atoms with Crippen LogP contribution < -0.4 is 9.47 Å². The van der Waals surface area contributed by atoms with Gasteiger partial charge in [-0.15, -0.1) is 0 Å². The Labute approximate surface area is 183 Å². The van der Waals surface area contributed by atoms with Crippen molar-refractivity contribution in [2.24, 2.45) is 5.92 Å². The number of carbonyl (C=O) groups excluding carboxylic acids is 2. The summed E-state index contributed by atoms with van der Waals surface area (Å²) < 4.78 is 11.4. The summed E-state index contributed by atoms with van der Waals surface area (Å²) in [6.07, 6.45) is 4.12. The molecular formula is C25H30N2O4. The second-order valence-electron chi connectivity index (χ2n) is 8.30. The first-order valence-electron chi connectivity index (χ1n) is 11.1. The average Bonchev–Trinajstić information content (AvgIpc) is 3.37. The summed E-state index contributed by atoms with van der Waals surface area (Å²) in [7, 11) is 1.58. The van der Waals surface area contributed by atoms with Crippen molar-refractivity contribution < 1.29 is 19.1 Å². The van der Waals surface area contributed by atoms with Crippen LogP contribution in [0.3, 0.4) is 0 Å². The number of nitrogens with zero attached hydrogens (tertiary/aromatic N) is 2. The molecule has 0 spiro atoms. The van der Waals surface area contributed by atoms with Crippen LogP contribution in [0.25, 0.3) is 0 Å². The first-order valence-corrected chi connectivity index (χ1v) is 11.1. The molecule has 0 N–H and O–H groups in total. The molecule has 6 nitrogen and oxygen atoms in total. The molecule has 2 aliphatic rings. The van der Waals surface area contributed by atoms with E-state index in [1.165, 1.54) is 0 Å². The van der Waals surface area contributed by atoms with Crippen molar-refractivity contribution in [2.75, 3.05) is 39.9 Å². The maximum Gasteiger partial charge on any atom is 0.257 e. The standard InChI is InChI=1S/C25H30N2O4/c1-30-23-12-3-2-11-22(23)25(29)27-15-7-8-19(17-27)18-31-21-10-6-9-20(16-21)24(28)26-13-4-5-14-26/h2-3,6,9-12,16,19H,4-5,7-8,13-15,17-18H2,1H3/t19-/m0/s1. The van der Waals surface area contributed by atoms with E-state index in [4.69, 9.17) is 9.47 Å². The monoisotopic (exact) mass is 422 g/mol. The molecule has 2 saturated heterocycles. The molecule has 31 heavy (non-hydrogen) atoms. The predicted molar refractivity (Wildman–Crippen MR) is 119 cm³/mol. The van der Waals surface area contributed by atoms with Crippen LogP contribution in [0.15, 0.2) is 48.5 Å². The predicted octanol–water partition coefficient (Wildman–Crippen LogP) is 3.86. The van der Waals surface area contributed by atoms with Crippen LogP contribution in [0.2, 0.25) is 0 Å². The zero-order chi connectivity index (χ0) is 21.6.